The average Bonchev–Trinajstić information content (AvgIpc) is 2.89. The summed E-state index contributed by atoms with van der Waals surface area (Å²) in [7, 11) is 0. The Labute approximate surface area is 186 Å². The summed E-state index contributed by atoms with van der Waals surface area (Å²) in [6.45, 7) is 2.06. The number of halogens is 2. The summed E-state index contributed by atoms with van der Waals surface area (Å²) in [4.78, 5) is 28.4. The fraction of sp³-hybridized carbons (Fsp3) is 0.333. The van der Waals surface area contributed by atoms with Crippen molar-refractivity contribution in [3.8, 4) is 0 Å². The number of allylic oxidation sites excluding steroid dienone is 1. The van der Waals surface area contributed by atoms with E-state index in [0.29, 0.717) is 28.5 Å². The predicted octanol–water partition coefficient (Wildman–Crippen LogP) is 6.69. The second-order valence-corrected chi connectivity index (χ2v) is 8.57. The molecule has 2 aromatic carbocycles. The van der Waals surface area contributed by atoms with Crippen molar-refractivity contribution in [1.82, 2.24) is 0 Å². The lowest BCUT2D eigenvalue weighted by molar-refractivity contribution is -0.119. The van der Waals surface area contributed by atoms with Gasteiger partial charge in [0.1, 0.15) is 0 Å². The van der Waals surface area contributed by atoms with Gasteiger partial charge in [-0.3, -0.25) is 14.5 Å². The van der Waals surface area contributed by atoms with E-state index in [9.17, 15) is 9.59 Å². The van der Waals surface area contributed by atoms with Crippen LogP contribution < -0.4 is 10.2 Å². The van der Waals surface area contributed by atoms with Gasteiger partial charge >= 0.3 is 0 Å². The minimum atomic E-state index is -0.539. The number of carbonyl (C=O) groups is 2. The molecule has 0 spiro atoms. The molecule has 30 heavy (non-hydrogen) atoms. The number of rotatable bonds is 4. The number of fused-ring (bicyclic) bond motifs is 1. The summed E-state index contributed by atoms with van der Waals surface area (Å²) in [5.41, 5.74) is 3.95. The molecule has 1 atom stereocenters. The van der Waals surface area contributed by atoms with E-state index in [2.05, 4.69) is 12.2 Å². The Morgan fingerprint density at radius 2 is 1.93 bits per heavy atom. The molecule has 2 aliphatic rings. The standard InChI is InChI=1S/C24H24Cl2N2O2/c1-2-3-11-22(30)28-20-9-5-4-7-18(20)27-19-8-6-10-21(29)23(19)24(28)15-12-13-16(25)17(26)14-15/h4-5,7,9,12-14,24,27H,2-3,6,8,10-11H2,1H3/t24-/m0/s1. The molecule has 0 saturated carbocycles. The number of ketones is 1. The molecule has 1 aliphatic heterocycles. The molecule has 0 aromatic heterocycles. The first-order valence-electron chi connectivity index (χ1n) is 10.4. The number of carbonyl (C=O) groups excluding carboxylic acids is 2. The van der Waals surface area contributed by atoms with Gasteiger partial charge < -0.3 is 5.32 Å². The number of Topliss-reactive ketones (excluding diaryl/α,β-unsaturated/α-hetero) is 1. The minimum Gasteiger partial charge on any atom is -0.357 e. The van der Waals surface area contributed by atoms with Gasteiger partial charge in [-0.05, 0) is 49.1 Å². The normalized spacial score (nSPS) is 18.4. The highest BCUT2D eigenvalue weighted by Crippen LogP contribution is 2.45. The van der Waals surface area contributed by atoms with Crippen LogP contribution in [0.5, 0.6) is 0 Å². The highest BCUT2D eigenvalue weighted by Gasteiger charge is 2.39. The fourth-order valence-corrected chi connectivity index (χ4v) is 4.56. The van der Waals surface area contributed by atoms with Crippen LogP contribution in [0.1, 0.15) is 57.1 Å². The van der Waals surface area contributed by atoms with Gasteiger partial charge in [-0.1, -0.05) is 54.7 Å². The Morgan fingerprint density at radius 1 is 1.13 bits per heavy atom. The zero-order chi connectivity index (χ0) is 21.3. The van der Waals surface area contributed by atoms with Gasteiger partial charge in [-0.15, -0.1) is 0 Å². The number of hydrogen-bond donors (Lipinski definition) is 1. The van der Waals surface area contributed by atoms with E-state index >= 15 is 0 Å². The fourth-order valence-electron chi connectivity index (χ4n) is 4.26. The first kappa shape index (κ1) is 21.0. The largest absolute Gasteiger partial charge is 0.357 e. The molecule has 1 aliphatic carbocycles. The zero-order valence-electron chi connectivity index (χ0n) is 16.9. The Balaban J connectivity index is 1.96. The van der Waals surface area contributed by atoms with Crippen LogP contribution >= 0.6 is 23.2 Å². The van der Waals surface area contributed by atoms with Gasteiger partial charge in [0.15, 0.2) is 5.78 Å². The highest BCUT2D eigenvalue weighted by molar-refractivity contribution is 6.42. The van der Waals surface area contributed by atoms with Gasteiger partial charge in [-0.2, -0.15) is 0 Å². The molecule has 4 nitrogen and oxygen atoms in total. The van der Waals surface area contributed by atoms with Crippen molar-refractivity contribution in [2.75, 3.05) is 10.2 Å². The number of benzene rings is 2. The number of nitrogens with one attached hydrogen (secondary N) is 1. The Bertz CT molecular complexity index is 1030. The molecule has 1 heterocycles. The minimum absolute atomic E-state index is 0.00528. The van der Waals surface area contributed by atoms with Crippen molar-refractivity contribution in [2.45, 2.75) is 51.5 Å². The molecular weight excluding hydrogens is 419 g/mol. The van der Waals surface area contributed by atoms with Crippen LogP contribution in [0.15, 0.2) is 53.7 Å². The molecule has 6 heteroatoms. The lowest BCUT2D eigenvalue weighted by Crippen LogP contribution is -2.38. The van der Waals surface area contributed by atoms with Crippen LogP contribution in [0.25, 0.3) is 0 Å². The van der Waals surface area contributed by atoms with Gasteiger partial charge in [0.05, 0.1) is 27.5 Å². The zero-order valence-corrected chi connectivity index (χ0v) is 18.4. The van der Waals surface area contributed by atoms with E-state index in [4.69, 9.17) is 23.2 Å². The Morgan fingerprint density at radius 3 is 2.70 bits per heavy atom. The van der Waals surface area contributed by atoms with E-state index in [1.54, 1.807) is 17.0 Å². The van der Waals surface area contributed by atoms with Gasteiger partial charge in [0.2, 0.25) is 5.91 Å². The molecule has 1 N–H and O–H groups in total. The summed E-state index contributed by atoms with van der Waals surface area (Å²) >= 11 is 12.5. The number of nitrogens with zero attached hydrogens (tertiary/aromatic N) is 1. The van der Waals surface area contributed by atoms with Crippen LogP contribution in [-0.2, 0) is 9.59 Å². The second kappa shape index (κ2) is 8.83. The number of para-hydroxylation sites is 2. The van der Waals surface area contributed by atoms with Crippen LogP contribution in [0.2, 0.25) is 10.0 Å². The summed E-state index contributed by atoms with van der Waals surface area (Å²) in [6.07, 6.45) is 4.17. The van der Waals surface area contributed by atoms with Crippen molar-refractivity contribution in [1.29, 1.82) is 0 Å². The highest BCUT2D eigenvalue weighted by atomic mass is 35.5. The number of unbranched alkanes of at least 4 members (excludes halogenated alkanes) is 1. The van der Waals surface area contributed by atoms with Crippen molar-refractivity contribution in [3.05, 3.63) is 69.3 Å². The van der Waals surface area contributed by atoms with Crippen molar-refractivity contribution < 1.29 is 9.59 Å². The number of amides is 1. The van der Waals surface area contributed by atoms with Crippen molar-refractivity contribution in [3.63, 3.8) is 0 Å². The van der Waals surface area contributed by atoms with E-state index in [1.165, 1.54) is 0 Å². The van der Waals surface area contributed by atoms with Crippen LogP contribution in [0.4, 0.5) is 11.4 Å². The van der Waals surface area contributed by atoms with Crippen LogP contribution in [0, 0.1) is 0 Å². The van der Waals surface area contributed by atoms with E-state index in [0.717, 1.165) is 48.3 Å². The van der Waals surface area contributed by atoms with Gasteiger partial charge in [-0.25, -0.2) is 0 Å². The van der Waals surface area contributed by atoms with E-state index in [1.807, 2.05) is 30.3 Å². The molecular formula is C24H24Cl2N2O2. The van der Waals surface area contributed by atoms with Crippen LogP contribution in [0.3, 0.4) is 0 Å². The predicted molar refractivity (Wildman–Crippen MR) is 122 cm³/mol. The number of hydrogen-bond acceptors (Lipinski definition) is 3. The lowest BCUT2D eigenvalue weighted by Gasteiger charge is -2.34. The molecule has 156 valence electrons. The molecule has 4 rings (SSSR count). The third kappa shape index (κ3) is 3.86. The molecule has 0 unspecified atom stereocenters. The number of anilines is 2. The lowest BCUT2D eigenvalue weighted by atomic mass is 9.85. The molecule has 2 aromatic rings. The smallest absolute Gasteiger partial charge is 0.227 e. The summed E-state index contributed by atoms with van der Waals surface area (Å²) in [5.74, 6) is 0.0650. The maximum absolute atomic E-state index is 13.5. The SMILES string of the molecule is CCCCC(=O)N1c2ccccc2NC2=C(C(=O)CCC2)[C@@H]1c1ccc(Cl)c(Cl)c1. The van der Waals surface area contributed by atoms with Crippen LogP contribution in [-0.4, -0.2) is 11.7 Å². The molecule has 0 radical (unpaired) electrons. The molecule has 1 amide bonds. The van der Waals surface area contributed by atoms with Gasteiger partial charge in [0.25, 0.3) is 0 Å². The van der Waals surface area contributed by atoms with Gasteiger partial charge in [0, 0.05) is 24.1 Å². The summed E-state index contributed by atoms with van der Waals surface area (Å²) < 4.78 is 0. The topological polar surface area (TPSA) is 49.4 Å². The Hall–Kier alpha value is -2.30. The first-order valence-corrected chi connectivity index (χ1v) is 11.2. The first-order chi connectivity index (χ1) is 14.5. The van der Waals surface area contributed by atoms with E-state index in [-0.39, 0.29) is 11.7 Å². The maximum atomic E-state index is 13.5. The third-order valence-corrected chi connectivity index (χ3v) is 6.45. The molecule has 0 bridgehead atoms. The Kier molecular flexibility index (Phi) is 6.16. The van der Waals surface area contributed by atoms with Crippen molar-refractivity contribution in [2.24, 2.45) is 0 Å². The summed E-state index contributed by atoms with van der Waals surface area (Å²) in [6, 6.07) is 12.6. The molecule has 0 saturated heterocycles. The van der Waals surface area contributed by atoms with Crippen molar-refractivity contribution >= 4 is 46.3 Å². The second-order valence-electron chi connectivity index (χ2n) is 7.75. The molecule has 0 fully saturated rings. The average molecular weight is 443 g/mol. The third-order valence-electron chi connectivity index (χ3n) is 5.71. The quantitative estimate of drug-likeness (QED) is 0.573. The monoisotopic (exact) mass is 442 g/mol. The maximum Gasteiger partial charge on any atom is 0.227 e. The van der Waals surface area contributed by atoms with E-state index < -0.39 is 6.04 Å². The summed E-state index contributed by atoms with van der Waals surface area (Å²) in [5, 5.41) is 4.32.